The maximum Gasteiger partial charge on any atom is 0.248 e. The van der Waals surface area contributed by atoms with Gasteiger partial charge in [-0.3, -0.25) is 9.89 Å². The van der Waals surface area contributed by atoms with Crippen LogP contribution < -0.4 is 5.73 Å². The van der Waals surface area contributed by atoms with Crippen LogP contribution >= 0.6 is 0 Å². The van der Waals surface area contributed by atoms with Crippen LogP contribution in [-0.2, 0) is 0 Å². The van der Waals surface area contributed by atoms with Crippen LogP contribution in [0.2, 0.25) is 0 Å². The normalized spacial score (nSPS) is 11.0. The predicted octanol–water partition coefficient (Wildman–Crippen LogP) is 2.86. The number of nitrogens with two attached hydrogens (primary N) is 1. The monoisotopic (exact) mass is 321 g/mol. The number of carbonyl (C=O) groups is 1. The minimum Gasteiger partial charge on any atom is -0.366 e. The number of aromatic amines is 2. The lowest BCUT2D eigenvalue weighted by molar-refractivity contribution is 0.100. The van der Waals surface area contributed by atoms with E-state index in [-0.39, 0.29) is 5.82 Å². The van der Waals surface area contributed by atoms with Crippen LogP contribution in [0.1, 0.15) is 10.4 Å². The van der Waals surface area contributed by atoms with E-state index in [4.69, 9.17) is 5.73 Å². The first-order valence-electron chi connectivity index (χ1n) is 7.21. The van der Waals surface area contributed by atoms with Gasteiger partial charge < -0.3 is 10.7 Å². The van der Waals surface area contributed by atoms with E-state index in [1.165, 1.54) is 6.07 Å². The molecule has 4 rings (SSSR count). The number of nitrogens with zero attached hydrogens (tertiary/aromatic N) is 2. The molecule has 24 heavy (non-hydrogen) atoms. The van der Waals surface area contributed by atoms with Gasteiger partial charge in [0.25, 0.3) is 0 Å². The summed E-state index contributed by atoms with van der Waals surface area (Å²) in [7, 11) is 0. The first kappa shape index (κ1) is 14.1. The second kappa shape index (κ2) is 5.31. The predicted molar refractivity (Wildman–Crippen MR) is 87.6 cm³/mol. The third kappa shape index (κ3) is 2.23. The van der Waals surface area contributed by atoms with Crippen molar-refractivity contribution in [2.45, 2.75) is 0 Å². The summed E-state index contributed by atoms with van der Waals surface area (Å²) < 4.78 is 13.9. The van der Waals surface area contributed by atoms with Crippen molar-refractivity contribution in [3.63, 3.8) is 0 Å². The number of primary amides is 1. The SMILES string of the molecule is NC(=O)c1ccc2[nH]nc(-c3ncc(-c4ccccc4F)[nH]3)c2c1. The number of rotatable bonds is 3. The van der Waals surface area contributed by atoms with Crippen LogP contribution in [0.4, 0.5) is 4.39 Å². The molecule has 2 heterocycles. The molecule has 4 N–H and O–H groups in total. The molecular weight excluding hydrogens is 309 g/mol. The average Bonchev–Trinajstić information content (AvgIpc) is 3.21. The fourth-order valence-corrected chi connectivity index (χ4v) is 2.61. The number of nitrogens with one attached hydrogen (secondary N) is 2. The largest absolute Gasteiger partial charge is 0.366 e. The maximum atomic E-state index is 13.9. The molecule has 7 heteroatoms. The standard InChI is InChI=1S/C17H12FN5O/c18-12-4-2-1-3-10(12)14-8-20-17(21-14)15-11-7-9(16(19)24)5-6-13(11)22-23-15/h1-8H,(H2,19,24)(H,20,21)(H,22,23). The molecule has 0 saturated heterocycles. The summed E-state index contributed by atoms with van der Waals surface area (Å²) in [4.78, 5) is 18.7. The molecule has 0 aliphatic heterocycles. The van der Waals surface area contributed by atoms with E-state index in [0.29, 0.717) is 33.7 Å². The Balaban J connectivity index is 1.83. The van der Waals surface area contributed by atoms with E-state index in [1.54, 1.807) is 42.6 Å². The smallest absolute Gasteiger partial charge is 0.248 e. The quantitative estimate of drug-likeness (QED) is 0.541. The summed E-state index contributed by atoms with van der Waals surface area (Å²) in [6, 6.07) is 11.4. The molecule has 6 nitrogen and oxygen atoms in total. The molecule has 4 aromatic rings. The number of hydrogen-bond acceptors (Lipinski definition) is 3. The Morgan fingerprint density at radius 1 is 1.17 bits per heavy atom. The topological polar surface area (TPSA) is 100 Å². The molecule has 0 fully saturated rings. The van der Waals surface area contributed by atoms with Crippen molar-refractivity contribution in [2.24, 2.45) is 5.73 Å². The zero-order valence-corrected chi connectivity index (χ0v) is 12.4. The third-order valence-electron chi connectivity index (χ3n) is 3.81. The fourth-order valence-electron chi connectivity index (χ4n) is 2.61. The molecule has 0 radical (unpaired) electrons. The highest BCUT2D eigenvalue weighted by molar-refractivity contribution is 6.00. The Hall–Kier alpha value is -3.48. The number of halogens is 1. The van der Waals surface area contributed by atoms with E-state index in [9.17, 15) is 9.18 Å². The Morgan fingerprint density at radius 3 is 2.79 bits per heavy atom. The van der Waals surface area contributed by atoms with E-state index in [2.05, 4.69) is 20.2 Å². The van der Waals surface area contributed by atoms with Gasteiger partial charge >= 0.3 is 0 Å². The second-order valence-corrected chi connectivity index (χ2v) is 5.32. The molecule has 0 bridgehead atoms. The highest BCUT2D eigenvalue weighted by atomic mass is 19.1. The molecule has 2 aromatic heterocycles. The van der Waals surface area contributed by atoms with Crippen molar-refractivity contribution in [3.8, 4) is 22.8 Å². The summed E-state index contributed by atoms with van der Waals surface area (Å²) >= 11 is 0. The summed E-state index contributed by atoms with van der Waals surface area (Å²) in [5.74, 6) is -0.382. The Morgan fingerprint density at radius 2 is 2.00 bits per heavy atom. The number of carbonyl (C=O) groups excluding carboxylic acids is 1. The number of aromatic nitrogens is 4. The average molecular weight is 321 g/mol. The van der Waals surface area contributed by atoms with Crippen LogP contribution in [0, 0.1) is 5.82 Å². The van der Waals surface area contributed by atoms with Gasteiger partial charge in [-0.25, -0.2) is 9.37 Å². The molecule has 0 atom stereocenters. The van der Waals surface area contributed by atoms with E-state index in [0.717, 1.165) is 5.52 Å². The van der Waals surface area contributed by atoms with Crippen LogP contribution in [0.15, 0.2) is 48.7 Å². The van der Waals surface area contributed by atoms with Crippen LogP contribution in [0.25, 0.3) is 33.7 Å². The molecular formula is C17H12FN5O. The van der Waals surface area contributed by atoms with E-state index >= 15 is 0 Å². The molecule has 2 aromatic carbocycles. The first-order valence-corrected chi connectivity index (χ1v) is 7.21. The molecule has 0 aliphatic carbocycles. The molecule has 1 amide bonds. The van der Waals surface area contributed by atoms with Crippen molar-refractivity contribution >= 4 is 16.8 Å². The number of hydrogen-bond donors (Lipinski definition) is 3. The highest BCUT2D eigenvalue weighted by Gasteiger charge is 2.15. The molecule has 0 unspecified atom stereocenters. The maximum absolute atomic E-state index is 13.9. The number of imidazole rings is 1. The number of amides is 1. The van der Waals surface area contributed by atoms with Crippen molar-refractivity contribution in [1.29, 1.82) is 0 Å². The summed E-state index contributed by atoms with van der Waals surface area (Å²) in [5, 5.41) is 7.82. The van der Waals surface area contributed by atoms with Gasteiger partial charge in [0, 0.05) is 16.5 Å². The van der Waals surface area contributed by atoms with Gasteiger partial charge in [0.2, 0.25) is 5.91 Å². The van der Waals surface area contributed by atoms with Crippen molar-refractivity contribution in [3.05, 3.63) is 60.0 Å². The number of fused-ring (bicyclic) bond motifs is 1. The zero-order valence-electron chi connectivity index (χ0n) is 12.4. The van der Waals surface area contributed by atoms with Crippen molar-refractivity contribution in [2.75, 3.05) is 0 Å². The second-order valence-electron chi connectivity index (χ2n) is 5.32. The lowest BCUT2D eigenvalue weighted by atomic mass is 10.1. The van der Waals surface area contributed by atoms with Crippen LogP contribution in [0.5, 0.6) is 0 Å². The van der Waals surface area contributed by atoms with Gasteiger partial charge in [0.1, 0.15) is 11.5 Å². The van der Waals surface area contributed by atoms with Crippen molar-refractivity contribution in [1.82, 2.24) is 20.2 Å². The minimum atomic E-state index is -0.518. The minimum absolute atomic E-state index is 0.337. The van der Waals surface area contributed by atoms with Gasteiger partial charge in [-0.15, -0.1) is 0 Å². The van der Waals surface area contributed by atoms with Crippen LogP contribution in [0.3, 0.4) is 0 Å². The Bertz CT molecular complexity index is 1070. The Labute approximate surface area is 135 Å². The molecule has 0 saturated carbocycles. The number of H-pyrrole nitrogens is 2. The highest BCUT2D eigenvalue weighted by Crippen LogP contribution is 2.28. The van der Waals surface area contributed by atoms with Gasteiger partial charge in [0.05, 0.1) is 17.4 Å². The lowest BCUT2D eigenvalue weighted by Crippen LogP contribution is -2.10. The van der Waals surface area contributed by atoms with Gasteiger partial charge in [0.15, 0.2) is 5.82 Å². The van der Waals surface area contributed by atoms with E-state index < -0.39 is 5.91 Å². The summed E-state index contributed by atoms with van der Waals surface area (Å²) in [5.41, 5.74) is 7.96. The van der Waals surface area contributed by atoms with E-state index in [1.807, 2.05) is 0 Å². The molecule has 0 spiro atoms. The fraction of sp³-hybridized carbons (Fsp3) is 0. The van der Waals surface area contributed by atoms with Gasteiger partial charge in [-0.2, -0.15) is 5.10 Å². The zero-order chi connectivity index (χ0) is 16.7. The molecule has 0 aliphatic rings. The summed E-state index contributed by atoms with van der Waals surface area (Å²) in [6.45, 7) is 0. The third-order valence-corrected chi connectivity index (χ3v) is 3.81. The molecule has 118 valence electrons. The summed E-state index contributed by atoms with van der Waals surface area (Å²) in [6.07, 6.45) is 1.55. The van der Waals surface area contributed by atoms with Gasteiger partial charge in [-0.1, -0.05) is 12.1 Å². The Kier molecular flexibility index (Phi) is 3.13. The number of benzene rings is 2. The lowest BCUT2D eigenvalue weighted by Gasteiger charge is -1.99. The first-order chi connectivity index (χ1) is 11.6. The van der Waals surface area contributed by atoms with Crippen molar-refractivity contribution < 1.29 is 9.18 Å². The van der Waals surface area contributed by atoms with Crippen LogP contribution in [-0.4, -0.2) is 26.1 Å². The van der Waals surface area contributed by atoms with Gasteiger partial charge in [-0.05, 0) is 30.3 Å².